The Hall–Kier alpha value is -1.71. The minimum atomic E-state index is -0.285. The van der Waals surface area contributed by atoms with E-state index in [-0.39, 0.29) is 11.2 Å². The number of amides is 1. The van der Waals surface area contributed by atoms with Gasteiger partial charge in [-0.05, 0) is 32.2 Å². The van der Waals surface area contributed by atoms with Crippen LogP contribution in [0.2, 0.25) is 0 Å². The quantitative estimate of drug-likeness (QED) is 0.708. The molecule has 0 saturated carbocycles. The molecule has 1 aromatic carbocycles. The molecule has 0 unspecified atom stereocenters. The molecule has 0 radical (unpaired) electrons. The molecule has 0 spiro atoms. The summed E-state index contributed by atoms with van der Waals surface area (Å²) < 4.78 is 7.48. The molecular weight excluding hydrogens is 382 g/mol. The van der Waals surface area contributed by atoms with E-state index in [1.165, 1.54) is 11.8 Å². The summed E-state index contributed by atoms with van der Waals surface area (Å²) in [6.45, 7) is 7.74. The third kappa shape index (κ3) is 4.77. The highest BCUT2D eigenvalue weighted by atomic mass is 32.2. The highest BCUT2D eigenvalue weighted by molar-refractivity contribution is 8.00. The van der Waals surface area contributed by atoms with Crippen LogP contribution >= 0.6 is 23.5 Å². The fourth-order valence-electron chi connectivity index (χ4n) is 2.84. The SMILES string of the molecule is CCn1c(S[C@H](C)C(=O)Nc2ccccc2SC)nnc1N1CCOCC1. The summed E-state index contributed by atoms with van der Waals surface area (Å²) in [5.41, 5.74) is 0.841. The van der Waals surface area contributed by atoms with Gasteiger partial charge in [0, 0.05) is 24.5 Å². The van der Waals surface area contributed by atoms with Crippen molar-refractivity contribution in [1.29, 1.82) is 0 Å². The summed E-state index contributed by atoms with van der Waals surface area (Å²) >= 11 is 3.05. The average molecular weight is 408 g/mol. The fraction of sp³-hybridized carbons (Fsp3) is 0.500. The van der Waals surface area contributed by atoms with Crippen LogP contribution in [-0.4, -0.2) is 58.5 Å². The molecule has 1 aromatic heterocycles. The van der Waals surface area contributed by atoms with Crippen LogP contribution in [0.25, 0.3) is 0 Å². The van der Waals surface area contributed by atoms with Crippen LogP contribution in [-0.2, 0) is 16.1 Å². The van der Waals surface area contributed by atoms with Crippen LogP contribution < -0.4 is 10.2 Å². The number of hydrogen-bond donors (Lipinski definition) is 1. The summed E-state index contributed by atoms with van der Waals surface area (Å²) in [5.74, 6) is 0.809. The van der Waals surface area contributed by atoms with E-state index in [1.54, 1.807) is 11.8 Å². The van der Waals surface area contributed by atoms with Crippen LogP contribution in [0.5, 0.6) is 0 Å². The molecule has 1 N–H and O–H groups in total. The number of nitrogens with one attached hydrogen (secondary N) is 1. The summed E-state index contributed by atoms with van der Waals surface area (Å²) in [4.78, 5) is 15.9. The summed E-state index contributed by atoms with van der Waals surface area (Å²) in [6.07, 6.45) is 2.00. The second kappa shape index (κ2) is 9.48. The smallest absolute Gasteiger partial charge is 0.237 e. The van der Waals surface area contributed by atoms with Crippen LogP contribution in [0.15, 0.2) is 34.3 Å². The van der Waals surface area contributed by atoms with E-state index < -0.39 is 0 Å². The first-order valence-corrected chi connectivity index (χ1v) is 11.1. The third-order valence-electron chi connectivity index (χ3n) is 4.32. The summed E-state index contributed by atoms with van der Waals surface area (Å²) in [6, 6.07) is 7.82. The lowest BCUT2D eigenvalue weighted by Gasteiger charge is -2.27. The van der Waals surface area contributed by atoms with Crippen molar-refractivity contribution >= 4 is 41.1 Å². The Labute approximate surface area is 168 Å². The van der Waals surface area contributed by atoms with E-state index in [4.69, 9.17) is 4.74 Å². The predicted octanol–water partition coefficient (Wildman–Crippen LogP) is 2.98. The molecule has 146 valence electrons. The zero-order valence-electron chi connectivity index (χ0n) is 15.8. The maximum Gasteiger partial charge on any atom is 0.237 e. The van der Waals surface area contributed by atoms with Crippen molar-refractivity contribution in [2.45, 2.75) is 35.7 Å². The highest BCUT2D eigenvalue weighted by Gasteiger charge is 2.23. The number of ether oxygens (including phenoxy) is 1. The number of carbonyl (C=O) groups is 1. The molecule has 1 aliphatic rings. The molecule has 2 aromatic rings. The van der Waals surface area contributed by atoms with E-state index in [9.17, 15) is 4.79 Å². The monoisotopic (exact) mass is 407 g/mol. The Morgan fingerprint density at radius 3 is 2.74 bits per heavy atom. The number of carbonyl (C=O) groups excluding carboxylic acids is 1. The van der Waals surface area contributed by atoms with Crippen LogP contribution in [0.4, 0.5) is 11.6 Å². The van der Waals surface area contributed by atoms with Gasteiger partial charge in [0.2, 0.25) is 11.9 Å². The van der Waals surface area contributed by atoms with Gasteiger partial charge in [-0.3, -0.25) is 9.36 Å². The van der Waals surface area contributed by atoms with Crippen molar-refractivity contribution in [3.63, 3.8) is 0 Å². The predicted molar refractivity (Wildman–Crippen MR) is 111 cm³/mol. The van der Waals surface area contributed by atoms with Crippen molar-refractivity contribution < 1.29 is 9.53 Å². The lowest BCUT2D eigenvalue weighted by atomic mass is 10.3. The van der Waals surface area contributed by atoms with Gasteiger partial charge in [-0.15, -0.1) is 22.0 Å². The molecule has 1 atom stereocenters. The Morgan fingerprint density at radius 2 is 2.04 bits per heavy atom. The molecular formula is C18H25N5O2S2. The molecule has 1 saturated heterocycles. The molecule has 0 bridgehead atoms. The van der Waals surface area contributed by atoms with Crippen molar-refractivity contribution in [3.8, 4) is 0 Å². The topological polar surface area (TPSA) is 72.3 Å². The van der Waals surface area contributed by atoms with E-state index in [2.05, 4.69) is 31.9 Å². The first-order valence-electron chi connectivity index (χ1n) is 9.00. The molecule has 3 rings (SSSR count). The lowest BCUT2D eigenvalue weighted by Crippen LogP contribution is -2.38. The number of thioether (sulfide) groups is 2. The zero-order valence-corrected chi connectivity index (χ0v) is 17.5. The number of nitrogens with zero attached hydrogens (tertiary/aromatic N) is 4. The van der Waals surface area contributed by atoms with E-state index in [1.807, 2.05) is 37.4 Å². The number of anilines is 2. The molecule has 1 amide bonds. The number of benzene rings is 1. The van der Waals surface area contributed by atoms with E-state index >= 15 is 0 Å². The molecule has 27 heavy (non-hydrogen) atoms. The van der Waals surface area contributed by atoms with Gasteiger partial charge in [0.05, 0.1) is 24.2 Å². The van der Waals surface area contributed by atoms with E-state index in [0.717, 1.165) is 41.3 Å². The van der Waals surface area contributed by atoms with Crippen LogP contribution in [0, 0.1) is 0 Å². The number of morpholine rings is 1. The van der Waals surface area contributed by atoms with Crippen molar-refractivity contribution in [3.05, 3.63) is 24.3 Å². The normalized spacial score (nSPS) is 15.6. The molecule has 7 nitrogen and oxygen atoms in total. The van der Waals surface area contributed by atoms with Crippen molar-refractivity contribution in [1.82, 2.24) is 14.8 Å². The Morgan fingerprint density at radius 1 is 1.30 bits per heavy atom. The summed E-state index contributed by atoms with van der Waals surface area (Å²) in [5, 5.41) is 12.2. The number of rotatable bonds is 7. The second-order valence-corrected chi connectivity index (χ2v) is 8.23. The maximum atomic E-state index is 12.7. The van der Waals surface area contributed by atoms with Crippen molar-refractivity contribution in [2.75, 3.05) is 42.8 Å². The third-order valence-corrected chi connectivity index (χ3v) is 6.20. The van der Waals surface area contributed by atoms with Gasteiger partial charge in [0.1, 0.15) is 0 Å². The Bertz CT molecular complexity index is 777. The van der Waals surface area contributed by atoms with Crippen LogP contribution in [0.1, 0.15) is 13.8 Å². The number of hydrogen-bond acceptors (Lipinski definition) is 7. The van der Waals surface area contributed by atoms with Gasteiger partial charge >= 0.3 is 0 Å². The minimum absolute atomic E-state index is 0.0416. The zero-order chi connectivity index (χ0) is 19.2. The average Bonchev–Trinajstić information content (AvgIpc) is 3.11. The first-order chi connectivity index (χ1) is 13.1. The summed E-state index contributed by atoms with van der Waals surface area (Å²) in [7, 11) is 0. The molecule has 2 heterocycles. The van der Waals surface area contributed by atoms with Gasteiger partial charge in [-0.1, -0.05) is 23.9 Å². The first kappa shape index (κ1) is 20.0. The maximum absolute atomic E-state index is 12.7. The Kier molecular flexibility index (Phi) is 7.03. The Balaban J connectivity index is 1.69. The van der Waals surface area contributed by atoms with Gasteiger partial charge in [-0.2, -0.15) is 0 Å². The van der Waals surface area contributed by atoms with E-state index in [0.29, 0.717) is 13.2 Å². The van der Waals surface area contributed by atoms with Crippen molar-refractivity contribution in [2.24, 2.45) is 0 Å². The van der Waals surface area contributed by atoms with Gasteiger partial charge in [-0.25, -0.2) is 0 Å². The number of aromatic nitrogens is 3. The molecule has 1 aliphatic heterocycles. The van der Waals surface area contributed by atoms with Gasteiger partial charge in [0.25, 0.3) is 0 Å². The largest absolute Gasteiger partial charge is 0.378 e. The van der Waals surface area contributed by atoms with Gasteiger partial charge < -0.3 is 15.0 Å². The lowest BCUT2D eigenvalue weighted by molar-refractivity contribution is -0.115. The van der Waals surface area contributed by atoms with Crippen LogP contribution in [0.3, 0.4) is 0 Å². The highest BCUT2D eigenvalue weighted by Crippen LogP contribution is 2.29. The second-order valence-electron chi connectivity index (χ2n) is 6.08. The molecule has 9 heteroatoms. The molecule has 1 fully saturated rings. The van der Waals surface area contributed by atoms with Gasteiger partial charge in [0.15, 0.2) is 5.16 Å². The number of para-hydroxylation sites is 1. The standard InChI is InChI=1S/C18H25N5O2S2/c1-4-23-17(22-9-11-25-12-10-22)20-21-18(23)27-13(2)16(24)19-14-7-5-6-8-15(14)26-3/h5-8,13H,4,9-12H2,1-3H3,(H,19,24)/t13-/m1/s1. The fourth-order valence-corrected chi connectivity index (χ4v) is 4.30. The molecule has 0 aliphatic carbocycles. The minimum Gasteiger partial charge on any atom is -0.378 e.